The van der Waals surface area contributed by atoms with Crippen LogP contribution in [0.15, 0.2) is 36.4 Å². The topological polar surface area (TPSA) is 97.1 Å². The molecule has 8 heteroatoms. The molecule has 3 aromatic rings. The van der Waals surface area contributed by atoms with E-state index in [4.69, 9.17) is 0 Å². The van der Waals surface area contributed by atoms with E-state index < -0.39 is 0 Å². The van der Waals surface area contributed by atoms with Crippen LogP contribution in [-0.4, -0.2) is 31.2 Å². The standard InChI is InChI=1S/C15H15N7O/c23-15(11-4-5-11)17-12-3-1-2-10(8-12)9-16-13-6-7-14-18-20-21-22(14)19-13/h1-3,6-8,11H,4-5,9H2,(H,16,19)(H,17,23). The van der Waals surface area contributed by atoms with Crippen molar-refractivity contribution in [2.75, 3.05) is 10.6 Å². The minimum atomic E-state index is 0.112. The number of nitrogens with one attached hydrogen (secondary N) is 2. The van der Waals surface area contributed by atoms with Gasteiger partial charge in [0.2, 0.25) is 5.91 Å². The van der Waals surface area contributed by atoms with Gasteiger partial charge in [0.1, 0.15) is 5.82 Å². The summed E-state index contributed by atoms with van der Waals surface area (Å²) in [7, 11) is 0. The Morgan fingerprint density at radius 2 is 2.17 bits per heavy atom. The summed E-state index contributed by atoms with van der Waals surface area (Å²) in [6.07, 6.45) is 2.00. The van der Waals surface area contributed by atoms with Crippen LogP contribution >= 0.6 is 0 Å². The summed E-state index contributed by atoms with van der Waals surface area (Å²) in [5, 5.41) is 21.5. The number of anilines is 2. The van der Waals surface area contributed by atoms with E-state index in [-0.39, 0.29) is 11.8 Å². The monoisotopic (exact) mass is 309 g/mol. The van der Waals surface area contributed by atoms with Crippen molar-refractivity contribution in [3.8, 4) is 0 Å². The number of rotatable bonds is 5. The summed E-state index contributed by atoms with van der Waals surface area (Å²) in [6.45, 7) is 0.591. The van der Waals surface area contributed by atoms with E-state index in [0.717, 1.165) is 24.1 Å². The number of amides is 1. The molecule has 0 radical (unpaired) electrons. The predicted molar refractivity (Wildman–Crippen MR) is 83.7 cm³/mol. The van der Waals surface area contributed by atoms with E-state index in [9.17, 15) is 4.79 Å². The first kappa shape index (κ1) is 13.6. The van der Waals surface area contributed by atoms with Crippen molar-refractivity contribution in [2.24, 2.45) is 5.92 Å². The van der Waals surface area contributed by atoms with E-state index >= 15 is 0 Å². The third-order valence-corrected chi connectivity index (χ3v) is 3.69. The highest BCUT2D eigenvalue weighted by Crippen LogP contribution is 2.30. The van der Waals surface area contributed by atoms with Gasteiger partial charge in [0.05, 0.1) is 0 Å². The van der Waals surface area contributed by atoms with Crippen LogP contribution in [-0.2, 0) is 11.3 Å². The molecule has 1 saturated carbocycles. The summed E-state index contributed by atoms with van der Waals surface area (Å²) in [4.78, 5) is 11.8. The van der Waals surface area contributed by atoms with Gasteiger partial charge in [-0.3, -0.25) is 4.79 Å². The van der Waals surface area contributed by atoms with E-state index in [1.54, 1.807) is 6.07 Å². The third-order valence-electron chi connectivity index (χ3n) is 3.69. The fourth-order valence-corrected chi connectivity index (χ4v) is 2.29. The van der Waals surface area contributed by atoms with Crippen LogP contribution in [0.5, 0.6) is 0 Å². The molecule has 0 unspecified atom stereocenters. The molecule has 1 aliphatic carbocycles. The van der Waals surface area contributed by atoms with Crippen molar-refractivity contribution in [1.82, 2.24) is 25.3 Å². The van der Waals surface area contributed by atoms with Crippen molar-refractivity contribution in [2.45, 2.75) is 19.4 Å². The molecule has 1 aromatic carbocycles. The highest BCUT2D eigenvalue weighted by atomic mass is 16.2. The van der Waals surface area contributed by atoms with E-state index in [0.29, 0.717) is 18.0 Å². The average molecular weight is 309 g/mol. The normalized spacial score (nSPS) is 13.9. The smallest absolute Gasteiger partial charge is 0.227 e. The molecule has 116 valence electrons. The largest absolute Gasteiger partial charge is 0.365 e. The Labute approximate surface area is 131 Å². The second kappa shape index (κ2) is 5.64. The lowest BCUT2D eigenvalue weighted by atomic mass is 10.2. The van der Waals surface area contributed by atoms with Gasteiger partial charge in [-0.2, -0.15) is 0 Å². The molecule has 23 heavy (non-hydrogen) atoms. The van der Waals surface area contributed by atoms with E-state index in [2.05, 4.69) is 31.3 Å². The SMILES string of the molecule is O=C(Nc1cccc(CNc2ccc3nnnn3n2)c1)C1CC1. The highest BCUT2D eigenvalue weighted by molar-refractivity contribution is 5.94. The maximum atomic E-state index is 11.8. The summed E-state index contributed by atoms with van der Waals surface area (Å²) in [5.74, 6) is 0.988. The molecule has 1 fully saturated rings. The second-order valence-electron chi connectivity index (χ2n) is 5.56. The minimum absolute atomic E-state index is 0.112. The lowest BCUT2D eigenvalue weighted by Gasteiger charge is -2.08. The summed E-state index contributed by atoms with van der Waals surface area (Å²) >= 11 is 0. The molecule has 8 nitrogen and oxygen atoms in total. The Balaban J connectivity index is 1.42. The molecule has 0 bridgehead atoms. The maximum absolute atomic E-state index is 11.8. The van der Waals surface area contributed by atoms with Gasteiger partial charge >= 0.3 is 0 Å². The number of tetrazole rings is 1. The van der Waals surface area contributed by atoms with Crippen LogP contribution in [0.4, 0.5) is 11.5 Å². The average Bonchev–Trinajstić information content (AvgIpc) is 3.32. The lowest BCUT2D eigenvalue weighted by Crippen LogP contribution is -2.13. The molecule has 4 rings (SSSR count). The number of nitrogens with zero attached hydrogens (tertiary/aromatic N) is 5. The summed E-state index contributed by atoms with van der Waals surface area (Å²) < 4.78 is 1.37. The van der Waals surface area contributed by atoms with Crippen LogP contribution in [0.2, 0.25) is 0 Å². The van der Waals surface area contributed by atoms with Crippen molar-refractivity contribution < 1.29 is 4.79 Å². The first-order valence-electron chi connectivity index (χ1n) is 7.47. The lowest BCUT2D eigenvalue weighted by molar-refractivity contribution is -0.117. The van der Waals surface area contributed by atoms with Crippen LogP contribution < -0.4 is 10.6 Å². The van der Waals surface area contributed by atoms with Crippen LogP contribution in [0.25, 0.3) is 5.65 Å². The Bertz CT molecular complexity index is 856. The molecule has 1 amide bonds. The molecule has 0 spiro atoms. The van der Waals surface area contributed by atoms with Gasteiger partial charge in [0, 0.05) is 18.2 Å². The quantitative estimate of drug-likeness (QED) is 0.741. The number of fused-ring (bicyclic) bond motifs is 1. The number of carbonyl (C=O) groups is 1. The van der Waals surface area contributed by atoms with Crippen molar-refractivity contribution in [3.05, 3.63) is 42.0 Å². The Hall–Kier alpha value is -3.03. The number of hydrogen-bond donors (Lipinski definition) is 2. The molecule has 0 atom stereocenters. The first-order valence-corrected chi connectivity index (χ1v) is 7.47. The summed E-state index contributed by atoms with van der Waals surface area (Å²) in [5.41, 5.74) is 2.47. The van der Waals surface area contributed by atoms with Gasteiger partial charge in [0.15, 0.2) is 5.65 Å². The molecule has 2 aromatic heterocycles. The van der Waals surface area contributed by atoms with Gasteiger partial charge in [-0.1, -0.05) is 12.1 Å². The van der Waals surface area contributed by atoms with E-state index in [1.807, 2.05) is 30.3 Å². The van der Waals surface area contributed by atoms with Crippen molar-refractivity contribution >= 4 is 23.1 Å². The van der Waals surface area contributed by atoms with Crippen molar-refractivity contribution in [1.29, 1.82) is 0 Å². The van der Waals surface area contributed by atoms with Gasteiger partial charge < -0.3 is 10.6 Å². The van der Waals surface area contributed by atoms with E-state index in [1.165, 1.54) is 4.63 Å². The van der Waals surface area contributed by atoms with Gasteiger partial charge in [0.25, 0.3) is 0 Å². The fourth-order valence-electron chi connectivity index (χ4n) is 2.29. The molecule has 0 saturated heterocycles. The Morgan fingerprint density at radius 1 is 1.26 bits per heavy atom. The van der Waals surface area contributed by atoms with Crippen LogP contribution in [0, 0.1) is 5.92 Å². The molecular weight excluding hydrogens is 294 g/mol. The van der Waals surface area contributed by atoms with Gasteiger partial charge in [-0.15, -0.1) is 14.8 Å². The first-order chi connectivity index (χ1) is 11.3. The molecule has 2 N–H and O–H groups in total. The highest BCUT2D eigenvalue weighted by Gasteiger charge is 2.29. The van der Waals surface area contributed by atoms with Crippen LogP contribution in [0.3, 0.4) is 0 Å². The third kappa shape index (κ3) is 3.10. The van der Waals surface area contributed by atoms with Gasteiger partial charge in [-0.05, 0) is 53.1 Å². The summed E-state index contributed by atoms with van der Waals surface area (Å²) in [6, 6.07) is 11.4. The second-order valence-corrected chi connectivity index (χ2v) is 5.56. The molecular formula is C15H15N7O. The van der Waals surface area contributed by atoms with Gasteiger partial charge in [-0.25, -0.2) is 0 Å². The molecule has 2 heterocycles. The molecule has 1 aliphatic rings. The number of aromatic nitrogens is 5. The Morgan fingerprint density at radius 3 is 3.04 bits per heavy atom. The zero-order valence-electron chi connectivity index (χ0n) is 12.3. The number of carbonyl (C=O) groups excluding carboxylic acids is 1. The molecule has 0 aliphatic heterocycles. The minimum Gasteiger partial charge on any atom is -0.365 e. The zero-order chi connectivity index (χ0) is 15.6. The fraction of sp³-hybridized carbons (Fsp3) is 0.267. The zero-order valence-corrected chi connectivity index (χ0v) is 12.3. The number of hydrogen-bond acceptors (Lipinski definition) is 6. The van der Waals surface area contributed by atoms with Crippen molar-refractivity contribution in [3.63, 3.8) is 0 Å². The van der Waals surface area contributed by atoms with Crippen LogP contribution in [0.1, 0.15) is 18.4 Å². The maximum Gasteiger partial charge on any atom is 0.227 e. The predicted octanol–water partition coefficient (Wildman–Crippen LogP) is 1.48. The number of benzene rings is 1. The Kier molecular flexibility index (Phi) is 3.34.